The van der Waals surface area contributed by atoms with Gasteiger partial charge in [0, 0.05) is 13.5 Å². The zero-order valence-corrected chi connectivity index (χ0v) is 7.29. The third-order valence-corrected chi connectivity index (χ3v) is 0.518. The first kappa shape index (κ1) is 13.0. The molecule has 0 aromatic rings. The summed E-state index contributed by atoms with van der Waals surface area (Å²) in [4.78, 5) is 18.2. The SMILES string of the molecule is CCCO.CCOOC(C)=O. The van der Waals surface area contributed by atoms with Gasteiger partial charge in [0.15, 0.2) is 0 Å². The molecule has 0 bridgehead atoms. The molecule has 4 heteroatoms. The van der Waals surface area contributed by atoms with Gasteiger partial charge in [0.2, 0.25) is 0 Å². The van der Waals surface area contributed by atoms with Crippen LogP contribution in [-0.2, 0) is 14.6 Å². The summed E-state index contributed by atoms with van der Waals surface area (Å²) in [5.74, 6) is -0.415. The fraction of sp³-hybridized carbons (Fsp3) is 0.857. The number of carbonyl (C=O) groups is 1. The Morgan fingerprint density at radius 2 is 1.91 bits per heavy atom. The van der Waals surface area contributed by atoms with Gasteiger partial charge in [-0.1, -0.05) is 6.92 Å². The molecule has 0 unspecified atom stereocenters. The normalized spacial score (nSPS) is 8.00. The van der Waals surface area contributed by atoms with Crippen molar-refractivity contribution in [2.75, 3.05) is 13.2 Å². The Morgan fingerprint density at radius 3 is 2.00 bits per heavy atom. The molecule has 0 atom stereocenters. The summed E-state index contributed by atoms with van der Waals surface area (Å²) in [7, 11) is 0. The van der Waals surface area contributed by atoms with Crippen molar-refractivity contribution in [1.29, 1.82) is 0 Å². The van der Waals surface area contributed by atoms with Gasteiger partial charge < -0.3 is 5.11 Å². The van der Waals surface area contributed by atoms with E-state index in [1.165, 1.54) is 6.92 Å². The smallest absolute Gasteiger partial charge is 0.339 e. The van der Waals surface area contributed by atoms with Gasteiger partial charge in [0.25, 0.3) is 0 Å². The van der Waals surface area contributed by atoms with E-state index in [1.54, 1.807) is 6.92 Å². The molecule has 68 valence electrons. The van der Waals surface area contributed by atoms with Crippen LogP contribution in [0.2, 0.25) is 0 Å². The van der Waals surface area contributed by atoms with E-state index in [2.05, 4.69) is 9.78 Å². The molecule has 0 aromatic carbocycles. The topological polar surface area (TPSA) is 55.8 Å². The summed E-state index contributed by atoms with van der Waals surface area (Å²) >= 11 is 0. The van der Waals surface area contributed by atoms with Gasteiger partial charge >= 0.3 is 5.97 Å². The van der Waals surface area contributed by atoms with Gasteiger partial charge in [-0.25, -0.2) is 4.79 Å². The highest BCUT2D eigenvalue weighted by Gasteiger charge is 1.86. The molecule has 0 aromatic heterocycles. The number of carbonyl (C=O) groups excluding carboxylic acids is 1. The van der Waals surface area contributed by atoms with Gasteiger partial charge in [0.1, 0.15) is 0 Å². The largest absolute Gasteiger partial charge is 0.396 e. The summed E-state index contributed by atoms with van der Waals surface area (Å²) in [6.45, 7) is 5.68. The number of hydrogen-bond donors (Lipinski definition) is 1. The molecule has 0 saturated carbocycles. The minimum absolute atomic E-state index is 0.319. The Kier molecular flexibility index (Phi) is 14.3. The van der Waals surface area contributed by atoms with E-state index < -0.39 is 5.97 Å². The van der Waals surface area contributed by atoms with E-state index in [1.807, 2.05) is 6.92 Å². The first-order valence-corrected chi connectivity index (χ1v) is 3.59. The van der Waals surface area contributed by atoms with Crippen molar-refractivity contribution in [3.05, 3.63) is 0 Å². The monoisotopic (exact) mass is 164 g/mol. The molecule has 11 heavy (non-hydrogen) atoms. The lowest BCUT2D eigenvalue weighted by atomic mass is 10.5. The standard InChI is InChI=1S/C4H8O3.C3H8O/c1-3-6-7-4(2)5;1-2-3-4/h3H2,1-2H3;4H,2-3H2,1H3. The Hall–Kier alpha value is -0.610. The fourth-order valence-electron chi connectivity index (χ4n) is 0.142. The van der Waals surface area contributed by atoms with Crippen molar-refractivity contribution in [1.82, 2.24) is 0 Å². The second kappa shape index (κ2) is 12.1. The van der Waals surface area contributed by atoms with Crippen LogP contribution in [0.3, 0.4) is 0 Å². The van der Waals surface area contributed by atoms with Crippen LogP contribution < -0.4 is 0 Å². The van der Waals surface area contributed by atoms with Crippen molar-refractivity contribution in [2.45, 2.75) is 27.2 Å². The fourth-order valence-corrected chi connectivity index (χ4v) is 0.142. The molecular formula is C7H16O4. The van der Waals surface area contributed by atoms with Crippen LogP contribution in [0.4, 0.5) is 0 Å². The number of rotatable bonds is 3. The molecule has 0 fully saturated rings. The predicted octanol–water partition coefficient (Wildman–Crippen LogP) is 0.890. The molecule has 0 aliphatic heterocycles. The maximum Gasteiger partial charge on any atom is 0.339 e. The first-order valence-electron chi connectivity index (χ1n) is 3.59. The highest BCUT2D eigenvalue weighted by molar-refractivity contribution is 5.65. The van der Waals surface area contributed by atoms with Crippen molar-refractivity contribution in [3.8, 4) is 0 Å². The van der Waals surface area contributed by atoms with Gasteiger partial charge in [-0.15, -0.1) is 0 Å². The number of aliphatic hydroxyl groups excluding tert-OH is 1. The van der Waals surface area contributed by atoms with Crippen LogP contribution >= 0.6 is 0 Å². The molecule has 0 heterocycles. The van der Waals surface area contributed by atoms with Crippen molar-refractivity contribution >= 4 is 5.97 Å². The molecular weight excluding hydrogens is 148 g/mol. The molecule has 0 amide bonds. The molecule has 0 aliphatic carbocycles. The molecule has 0 aliphatic rings. The van der Waals surface area contributed by atoms with Gasteiger partial charge in [0.05, 0.1) is 6.61 Å². The average molecular weight is 164 g/mol. The lowest BCUT2D eigenvalue weighted by Gasteiger charge is -1.92. The Balaban J connectivity index is 0. The van der Waals surface area contributed by atoms with E-state index in [4.69, 9.17) is 5.11 Å². The summed E-state index contributed by atoms with van der Waals surface area (Å²) in [6.07, 6.45) is 0.875. The highest BCUT2D eigenvalue weighted by Crippen LogP contribution is 1.75. The summed E-state index contributed by atoms with van der Waals surface area (Å²) in [5.41, 5.74) is 0. The van der Waals surface area contributed by atoms with Crippen LogP contribution in [0.5, 0.6) is 0 Å². The third kappa shape index (κ3) is 26.6. The van der Waals surface area contributed by atoms with Gasteiger partial charge in [-0.2, -0.15) is 4.89 Å². The molecule has 0 spiro atoms. The first-order chi connectivity index (χ1) is 5.18. The lowest BCUT2D eigenvalue weighted by Crippen LogP contribution is -1.98. The Bertz CT molecular complexity index is 80.5. The Morgan fingerprint density at radius 1 is 1.45 bits per heavy atom. The molecule has 0 rings (SSSR count). The van der Waals surface area contributed by atoms with E-state index >= 15 is 0 Å². The van der Waals surface area contributed by atoms with Crippen LogP contribution in [0.25, 0.3) is 0 Å². The molecule has 1 N–H and O–H groups in total. The van der Waals surface area contributed by atoms with Gasteiger partial charge in [-0.3, -0.25) is 4.89 Å². The van der Waals surface area contributed by atoms with E-state index in [0.29, 0.717) is 13.2 Å². The predicted molar refractivity (Wildman–Crippen MR) is 40.8 cm³/mol. The quantitative estimate of drug-likeness (QED) is 0.497. The maximum absolute atomic E-state index is 9.86. The van der Waals surface area contributed by atoms with Gasteiger partial charge in [-0.05, 0) is 13.3 Å². The zero-order valence-electron chi connectivity index (χ0n) is 7.29. The van der Waals surface area contributed by atoms with E-state index in [-0.39, 0.29) is 0 Å². The second-order valence-corrected chi connectivity index (χ2v) is 1.71. The molecule has 0 saturated heterocycles. The summed E-state index contributed by atoms with van der Waals surface area (Å²) in [6, 6.07) is 0. The molecule has 0 radical (unpaired) electrons. The summed E-state index contributed by atoms with van der Waals surface area (Å²) < 4.78 is 0. The van der Waals surface area contributed by atoms with Crippen molar-refractivity contribution in [2.24, 2.45) is 0 Å². The highest BCUT2D eigenvalue weighted by atomic mass is 17.2. The Labute approximate surface area is 67.0 Å². The van der Waals surface area contributed by atoms with Crippen molar-refractivity contribution < 1.29 is 19.7 Å². The van der Waals surface area contributed by atoms with Crippen LogP contribution in [0.15, 0.2) is 0 Å². The number of aliphatic hydroxyl groups is 1. The van der Waals surface area contributed by atoms with E-state index in [9.17, 15) is 4.79 Å². The minimum Gasteiger partial charge on any atom is -0.396 e. The lowest BCUT2D eigenvalue weighted by molar-refractivity contribution is -0.267. The third-order valence-electron chi connectivity index (χ3n) is 0.518. The maximum atomic E-state index is 9.86. The number of hydrogen-bond acceptors (Lipinski definition) is 4. The van der Waals surface area contributed by atoms with Crippen LogP contribution in [0, 0.1) is 0 Å². The minimum atomic E-state index is -0.415. The van der Waals surface area contributed by atoms with Crippen molar-refractivity contribution in [3.63, 3.8) is 0 Å². The zero-order chi connectivity index (χ0) is 9.11. The molecule has 4 nitrogen and oxygen atoms in total. The van der Waals surface area contributed by atoms with E-state index in [0.717, 1.165) is 6.42 Å². The van der Waals surface area contributed by atoms with Crippen LogP contribution in [-0.4, -0.2) is 24.3 Å². The summed E-state index contributed by atoms with van der Waals surface area (Å²) in [5, 5.41) is 7.88. The van der Waals surface area contributed by atoms with Crippen LogP contribution in [0.1, 0.15) is 27.2 Å². The average Bonchev–Trinajstić information content (AvgIpc) is 2.01. The second-order valence-electron chi connectivity index (χ2n) is 1.71.